The zero-order valence-corrected chi connectivity index (χ0v) is 16.7. The van der Waals surface area contributed by atoms with Crippen LogP contribution in [0.1, 0.15) is 34.4 Å². The lowest BCUT2D eigenvalue weighted by atomic mass is 9.98. The van der Waals surface area contributed by atoms with E-state index in [0.717, 1.165) is 27.9 Å². The fraction of sp³-hybridized carbons (Fsp3) is 0.250. The van der Waals surface area contributed by atoms with E-state index >= 15 is 0 Å². The van der Waals surface area contributed by atoms with E-state index in [1.165, 1.54) is 6.20 Å². The molecule has 6 nitrogen and oxygen atoms in total. The van der Waals surface area contributed by atoms with Gasteiger partial charge in [-0.25, -0.2) is 4.79 Å². The average Bonchev–Trinajstić information content (AvgIpc) is 3.10. The number of alkyl carbamates (subject to hydrolysis) is 1. The maximum atomic E-state index is 12.2. The molecular formula is C24H24N2O4. The van der Waals surface area contributed by atoms with Crippen LogP contribution in [0.25, 0.3) is 11.1 Å². The summed E-state index contributed by atoms with van der Waals surface area (Å²) in [5, 5.41) is 22.9. The summed E-state index contributed by atoms with van der Waals surface area (Å²) in [6.07, 6.45) is -1.44. The first-order valence-electron chi connectivity index (χ1n) is 9.92. The Hall–Kier alpha value is -3.22. The Morgan fingerprint density at radius 1 is 1.03 bits per heavy atom. The zero-order valence-electron chi connectivity index (χ0n) is 16.7. The van der Waals surface area contributed by atoms with Gasteiger partial charge in [-0.3, -0.25) is 4.98 Å². The van der Waals surface area contributed by atoms with Gasteiger partial charge in [-0.15, -0.1) is 0 Å². The Labute approximate surface area is 175 Å². The SMILES string of the molecule is Cc1ccc(C(O)C(O)CNC(=O)OCC2c3ccccc3-c3ccccc32)cn1. The summed E-state index contributed by atoms with van der Waals surface area (Å²) in [5.74, 6) is -0.0303. The monoisotopic (exact) mass is 404 g/mol. The number of nitrogens with one attached hydrogen (secondary N) is 1. The summed E-state index contributed by atoms with van der Waals surface area (Å²) in [4.78, 5) is 16.3. The molecule has 1 amide bonds. The van der Waals surface area contributed by atoms with Crippen molar-refractivity contribution in [1.82, 2.24) is 10.3 Å². The fourth-order valence-electron chi connectivity index (χ4n) is 3.83. The predicted molar refractivity (Wildman–Crippen MR) is 113 cm³/mol. The van der Waals surface area contributed by atoms with Crippen LogP contribution in [0.3, 0.4) is 0 Å². The van der Waals surface area contributed by atoms with E-state index in [-0.39, 0.29) is 19.1 Å². The molecule has 0 saturated carbocycles. The second-order valence-corrected chi connectivity index (χ2v) is 7.45. The second kappa shape index (κ2) is 8.65. The molecule has 0 saturated heterocycles. The average molecular weight is 404 g/mol. The number of aryl methyl sites for hydroxylation is 1. The van der Waals surface area contributed by atoms with Crippen molar-refractivity contribution in [3.8, 4) is 11.1 Å². The van der Waals surface area contributed by atoms with Gasteiger partial charge >= 0.3 is 6.09 Å². The standard InChI is InChI=1S/C24H24N2O4/c1-15-10-11-16(12-25-15)23(28)22(27)13-26-24(29)30-14-21-19-8-4-2-6-17(19)18-7-3-5-9-20(18)21/h2-12,21-23,27-28H,13-14H2,1H3,(H,26,29). The molecule has 2 unspecified atom stereocenters. The van der Waals surface area contributed by atoms with Crippen molar-refractivity contribution in [3.63, 3.8) is 0 Å². The number of aliphatic hydroxyl groups excluding tert-OH is 2. The Bertz CT molecular complexity index is 990. The molecule has 1 aliphatic rings. The van der Waals surface area contributed by atoms with E-state index in [1.54, 1.807) is 12.1 Å². The highest BCUT2D eigenvalue weighted by Crippen LogP contribution is 2.44. The number of hydrogen-bond acceptors (Lipinski definition) is 5. The number of pyridine rings is 1. The van der Waals surface area contributed by atoms with Gasteiger partial charge < -0.3 is 20.3 Å². The molecule has 3 aromatic rings. The van der Waals surface area contributed by atoms with Crippen molar-refractivity contribution in [3.05, 3.63) is 89.2 Å². The maximum Gasteiger partial charge on any atom is 0.407 e. The van der Waals surface area contributed by atoms with Crippen LogP contribution in [-0.2, 0) is 4.74 Å². The number of carbonyl (C=O) groups is 1. The highest BCUT2D eigenvalue weighted by atomic mass is 16.5. The molecule has 0 aliphatic heterocycles. The lowest BCUT2D eigenvalue weighted by Gasteiger charge is -2.19. The van der Waals surface area contributed by atoms with Gasteiger partial charge in [0.2, 0.25) is 0 Å². The van der Waals surface area contributed by atoms with Crippen molar-refractivity contribution in [1.29, 1.82) is 0 Å². The number of benzene rings is 2. The first-order chi connectivity index (χ1) is 14.5. The van der Waals surface area contributed by atoms with Gasteiger partial charge in [-0.05, 0) is 35.2 Å². The van der Waals surface area contributed by atoms with Crippen molar-refractivity contribution in [2.75, 3.05) is 13.2 Å². The minimum atomic E-state index is -1.17. The summed E-state index contributed by atoms with van der Waals surface area (Å²) in [5.41, 5.74) is 5.89. The summed E-state index contributed by atoms with van der Waals surface area (Å²) in [6.45, 7) is 1.90. The predicted octanol–water partition coefficient (Wildman–Crippen LogP) is 3.32. The quantitative estimate of drug-likeness (QED) is 0.586. The number of carbonyl (C=O) groups excluding carboxylic acids is 1. The molecule has 0 bridgehead atoms. The van der Waals surface area contributed by atoms with Gasteiger partial charge in [0, 0.05) is 29.9 Å². The van der Waals surface area contributed by atoms with Crippen LogP contribution in [-0.4, -0.2) is 40.5 Å². The molecule has 1 aliphatic carbocycles. The van der Waals surface area contributed by atoms with Gasteiger partial charge in [0.1, 0.15) is 18.8 Å². The molecule has 2 atom stereocenters. The Morgan fingerprint density at radius 2 is 1.67 bits per heavy atom. The van der Waals surface area contributed by atoms with Crippen molar-refractivity contribution in [2.24, 2.45) is 0 Å². The Kier molecular flexibility index (Phi) is 5.79. The highest BCUT2D eigenvalue weighted by Gasteiger charge is 2.29. The van der Waals surface area contributed by atoms with Crippen LogP contribution in [0.4, 0.5) is 4.79 Å². The molecule has 30 heavy (non-hydrogen) atoms. The molecule has 2 aromatic carbocycles. The summed E-state index contributed by atoms with van der Waals surface area (Å²) in [6, 6.07) is 19.7. The van der Waals surface area contributed by atoms with Crippen LogP contribution >= 0.6 is 0 Å². The second-order valence-electron chi connectivity index (χ2n) is 7.45. The Morgan fingerprint density at radius 3 is 2.27 bits per heavy atom. The van der Waals surface area contributed by atoms with Crippen molar-refractivity contribution >= 4 is 6.09 Å². The topological polar surface area (TPSA) is 91.7 Å². The van der Waals surface area contributed by atoms with E-state index in [1.807, 2.05) is 31.2 Å². The van der Waals surface area contributed by atoms with Crippen LogP contribution in [0.15, 0.2) is 66.9 Å². The van der Waals surface area contributed by atoms with Gasteiger partial charge in [0.25, 0.3) is 0 Å². The minimum absolute atomic E-state index is 0.0303. The van der Waals surface area contributed by atoms with Gasteiger partial charge in [-0.1, -0.05) is 54.6 Å². The summed E-state index contributed by atoms with van der Waals surface area (Å²) < 4.78 is 5.44. The molecule has 1 heterocycles. The number of ether oxygens (including phenoxy) is 1. The molecule has 4 rings (SSSR count). The molecule has 0 spiro atoms. The van der Waals surface area contributed by atoms with E-state index in [9.17, 15) is 15.0 Å². The number of amides is 1. The lowest BCUT2D eigenvalue weighted by Crippen LogP contribution is -2.36. The van der Waals surface area contributed by atoms with Crippen LogP contribution in [0.2, 0.25) is 0 Å². The molecule has 6 heteroatoms. The Balaban J connectivity index is 1.33. The van der Waals surface area contributed by atoms with E-state index in [4.69, 9.17) is 4.74 Å². The normalized spacial score (nSPS) is 14.5. The third-order valence-corrected chi connectivity index (χ3v) is 5.44. The summed E-state index contributed by atoms with van der Waals surface area (Å²) in [7, 11) is 0. The minimum Gasteiger partial charge on any atom is -0.449 e. The molecule has 154 valence electrons. The van der Waals surface area contributed by atoms with Crippen molar-refractivity contribution < 1.29 is 19.7 Å². The van der Waals surface area contributed by atoms with Gasteiger partial charge in [-0.2, -0.15) is 0 Å². The summed E-state index contributed by atoms with van der Waals surface area (Å²) >= 11 is 0. The van der Waals surface area contributed by atoms with E-state index in [0.29, 0.717) is 5.56 Å². The van der Waals surface area contributed by atoms with Crippen LogP contribution < -0.4 is 5.32 Å². The van der Waals surface area contributed by atoms with Gasteiger partial charge in [0.15, 0.2) is 0 Å². The molecule has 1 aromatic heterocycles. The maximum absolute atomic E-state index is 12.2. The van der Waals surface area contributed by atoms with Crippen LogP contribution in [0, 0.1) is 6.92 Å². The number of fused-ring (bicyclic) bond motifs is 3. The largest absolute Gasteiger partial charge is 0.449 e. The van der Waals surface area contributed by atoms with Gasteiger partial charge in [0.05, 0.1) is 0 Å². The molecule has 0 radical (unpaired) electrons. The number of aliphatic hydroxyl groups is 2. The smallest absolute Gasteiger partial charge is 0.407 e. The highest BCUT2D eigenvalue weighted by molar-refractivity contribution is 5.79. The molecule has 3 N–H and O–H groups in total. The first kappa shape index (κ1) is 20.1. The van der Waals surface area contributed by atoms with E-state index in [2.05, 4.69) is 34.6 Å². The third kappa shape index (κ3) is 4.06. The zero-order chi connectivity index (χ0) is 21.1. The molecular weight excluding hydrogens is 380 g/mol. The number of rotatable bonds is 6. The first-order valence-corrected chi connectivity index (χ1v) is 9.92. The molecule has 0 fully saturated rings. The number of nitrogens with zero attached hydrogens (tertiary/aromatic N) is 1. The van der Waals surface area contributed by atoms with E-state index < -0.39 is 18.3 Å². The number of aromatic nitrogens is 1. The fourth-order valence-corrected chi connectivity index (χ4v) is 3.83. The third-order valence-electron chi connectivity index (χ3n) is 5.44. The van der Waals surface area contributed by atoms with Crippen LogP contribution in [0.5, 0.6) is 0 Å². The lowest BCUT2D eigenvalue weighted by molar-refractivity contribution is 0.0183. The van der Waals surface area contributed by atoms with Crippen molar-refractivity contribution in [2.45, 2.75) is 25.0 Å². The number of hydrogen-bond donors (Lipinski definition) is 3.